The van der Waals surface area contributed by atoms with E-state index in [0.29, 0.717) is 17.4 Å². The molecule has 1 fully saturated rings. The Kier molecular flexibility index (Phi) is 4.31. The monoisotopic (exact) mass is 332 g/mol. The summed E-state index contributed by atoms with van der Waals surface area (Å²) in [4.78, 5) is 9.23. The Balaban J connectivity index is 1.78. The average Bonchev–Trinajstić information content (AvgIpc) is 3.16. The van der Waals surface area contributed by atoms with Crippen molar-refractivity contribution in [1.29, 1.82) is 0 Å². The molecule has 0 spiro atoms. The van der Waals surface area contributed by atoms with Crippen molar-refractivity contribution < 1.29 is 5.11 Å². The van der Waals surface area contributed by atoms with Crippen molar-refractivity contribution in [2.45, 2.75) is 12.5 Å². The number of nitrogens with one attached hydrogen (secondary N) is 2. The highest BCUT2D eigenvalue weighted by atomic mass is 16.3. The third kappa shape index (κ3) is 3.32. The smallest absolute Gasteiger partial charge is 0.165 e. The first-order chi connectivity index (χ1) is 12.3. The van der Waals surface area contributed by atoms with Gasteiger partial charge in [0, 0.05) is 24.3 Å². The summed E-state index contributed by atoms with van der Waals surface area (Å²) in [6.45, 7) is 1.93. The van der Waals surface area contributed by atoms with Gasteiger partial charge in [-0.15, -0.1) is 0 Å². The minimum Gasteiger partial charge on any atom is -0.507 e. The normalized spacial score (nSPS) is 16.7. The fraction of sp³-hybridized carbons (Fsp3) is 0.200. The molecular weight excluding hydrogens is 312 g/mol. The van der Waals surface area contributed by atoms with E-state index in [9.17, 15) is 5.11 Å². The number of hydrogen-bond acceptors (Lipinski definition) is 5. The van der Waals surface area contributed by atoms with Crippen molar-refractivity contribution >= 4 is 5.82 Å². The second kappa shape index (κ2) is 6.91. The number of para-hydroxylation sites is 1. The first-order valence-electron chi connectivity index (χ1n) is 8.49. The Hall–Kier alpha value is -2.92. The van der Waals surface area contributed by atoms with Gasteiger partial charge in [-0.3, -0.25) is 0 Å². The van der Waals surface area contributed by atoms with Crippen LogP contribution < -0.4 is 10.6 Å². The Morgan fingerprint density at radius 2 is 1.80 bits per heavy atom. The fourth-order valence-electron chi connectivity index (χ4n) is 3.08. The zero-order valence-corrected chi connectivity index (χ0v) is 13.8. The van der Waals surface area contributed by atoms with E-state index >= 15 is 0 Å². The molecule has 1 aliphatic heterocycles. The second-order valence-corrected chi connectivity index (χ2v) is 6.17. The van der Waals surface area contributed by atoms with Crippen LogP contribution in [0.4, 0.5) is 5.82 Å². The van der Waals surface area contributed by atoms with E-state index in [0.717, 1.165) is 36.5 Å². The van der Waals surface area contributed by atoms with Crippen molar-refractivity contribution in [2.24, 2.45) is 0 Å². The van der Waals surface area contributed by atoms with E-state index < -0.39 is 0 Å². The maximum absolute atomic E-state index is 10.1. The molecule has 1 saturated heterocycles. The molecule has 0 radical (unpaired) electrons. The summed E-state index contributed by atoms with van der Waals surface area (Å²) < 4.78 is 0. The molecular formula is C20H20N4O. The predicted octanol–water partition coefficient (Wildman–Crippen LogP) is 3.29. The van der Waals surface area contributed by atoms with Gasteiger partial charge < -0.3 is 15.7 Å². The maximum atomic E-state index is 10.1. The summed E-state index contributed by atoms with van der Waals surface area (Å²) >= 11 is 0. The van der Waals surface area contributed by atoms with Gasteiger partial charge in [0.2, 0.25) is 0 Å². The van der Waals surface area contributed by atoms with E-state index in [2.05, 4.69) is 27.8 Å². The molecule has 3 aromatic rings. The molecule has 1 unspecified atom stereocenters. The number of aromatic hydroxyl groups is 1. The summed E-state index contributed by atoms with van der Waals surface area (Å²) in [6.07, 6.45) is 2.89. The Labute approximate surface area is 146 Å². The zero-order chi connectivity index (χ0) is 17.1. The predicted molar refractivity (Wildman–Crippen MR) is 99.5 cm³/mol. The number of aromatic nitrogens is 2. The average molecular weight is 332 g/mol. The molecule has 0 aliphatic carbocycles. The standard InChI is InChI=1S/C20H20N4O/c25-18-9-5-4-8-16(18)19-22-13-17(14-6-2-1-3-7-14)20(24-19)23-15-10-11-21-12-15/h1-9,13,15,21,25H,10-12H2,(H,22,23,24). The van der Waals surface area contributed by atoms with Crippen LogP contribution in [-0.4, -0.2) is 34.2 Å². The third-order valence-electron chi connectivity index (χ3n) is 4.42. The van der Waals surface area contributed by atoms with Gasteiger partial charge in [-0.1, -0.05) is 42.5 Å². The van der Waals surface area contributed by atoms with Gasteiger partial charge in [-0.05, 0) is 30.7 Å². The molecule has 2 aromatic carbocycles. The topological polar surface area (TPSA) is 70.1 Å². The molecule has 2 heterocycles. The molecule has 5 nitrogen and oxygen atoms in total. The van der Waals surface area contributed by atoms with Gasteiger partial charge >= 0.3 is 0 Å². The lowest BCUT2D eigenvalue weighted by Crippen LogP contribution is -2.23. The molecule has 0 saturated carbocycles. The van der Waals surface area contributed by atoms with Crippen LogP contribution in [0.15, 0.2) is 60.8 Å². The van der Waals surface area contributed by atoms with E-state index in [4.69, 9.17) is 4.98 Å². The molecule has 126 valence electrons. The zero-order valence-electron chi connectivity index (χ0n) is 13.8. The van der Waals surface area contributed by atoms with E-state index in [1.165, 1.54) is 0 Å². The number of hydrogen-bond donors (Lipinski definition) is 3. The number of nitrogens with zero attached hydrogens (tertiary/aromatic N) is 2. The van der Waals surface area contributed by atoms with Crippen molar-refractivity contribution in [3.63, 3.8) is 0 Å². The first-order valence-corrected chi connectivity index (χ1v) is 8.49. The van der Waals surface area contributed by atoms with Crippen LogP contribution >= 0.6 is 0 Å². The fourth-order valence-corrected chi connectivity index (χ4v) is 3.08. The summed E-state index contributed by atoms with van der Waals surface area (Å²) in [5, 5.41) is 17.0. The van der Waals surface area contributed by atoms with Crippen LogP contribution in [-0.2, 0) is 0 Å². The second-order valence-electron chi connectivity index (χ2n) is 6.17. The lowest BCUT2D eigenvalue weighted by Gasteiger charge is -2.17. The molecule has 4 rings (SSSR count). The molecule has 5 heteroatoms. The number of phenolic OH excluding ortho intramolecular Hbond substituents is 1. The highest BCUT2D eigenvalue weighted by Crippen LogP contribution is 2.31. The van der Waals surface area contributed by atoms with Crippen molar-refractivity contribution in [1.82, 2.24) is 15.3 Å². The lowest BCUT2D eigenvalue weighted by molar-refractivity contribution is 0.477. The van der Waals surface area contributed by atoms with Gasteiger partial charge in [0.25, 0.3) is 0 Å². The molecule has 1 atom stereocenters. The van der Waals surface area contributed by atoms with E-state index in [1.807, 2.05) is 36.5 Å². The summed E-state index contributed by atoms with van der Waals surface area (Å²) in [5.74, 6) is 1.50. The van der Waals surface area contributed by atoms with Crippen molar-refractivity contribution in [3.8, 4) is 28.3 Å². The maximum Gasteiger partial charge on any atom is 0.165 e. The Bertz CT molecular complexity index is 861. The van der Waals surface area contributed by atoms with Gasteiger partial charge in [-0.2, -0.15) is 0 Å². The first kappa shape index (κ1) is 15.6. The molecule has 0 bridgehead atoms. The van der Waals surface area contributed by atoms with Crippen LogP contribution in [0.2, 0.25) is 0 Å². The molecule has 1 aromatic heterocycles. The highest BCUT2D eigenvalue weighted by Gasteiger charge is 2.18. The van der Waals surface area contributed by atoms with Crippen molar-refractivity contribution in [2.75, 3.05) is 18.4 Å². The summed E-state index contributed by atoms with van der Waals surface area (Å²) in [7, 11) is 0. The van der Waals surface area contributed by atoms with Crippen LogP contribution in [0.5, 0.6) is 5.75 Å². The molecule has 1 aliphatic rings. The Morgan fingerprint density at radius 1 is 1.00 bits per heavy atom. The van der Waals surface area contributed by atoms with Crippen LogP contribution in [0, 0.1) is 0 Å². The highest BCUT2D eigenvalue weighted by molar-refractivity contribution is 5.77. The quantitative estimate of drug-likeness (QED) is 0.684. The molecule has 3 N–H and O–H groups in total. The number of rotatable bonds is 4. The largest absolute Gasteiger partial charge is 0.507 e. The lowest BCUT2D eigenvalue weighted by atomic mass is 10.1. The third-order valence-corrected chi connectivity index (χ3v) is 4.42. The number of benzene rings is 2. The minimum atomic E-state index is 0.184. The molecule has 25 heavy (non-hydrogen) atoms. The molecule has 0 amide bonds. The van der Waals surface area contributed by atoms with Gasteiger partial charge in [-0.25, -0.2) is 9.97 Å². The summed E-state index contributed by atoms with van der Waals surface area (Å²) in [6, 6.07) is 17.6. The SMILES string of the molecule is Oc1ccccc1-c1ncc(-c2ccccc2)c(NC2CCNC2)n1. The number of phenols is 1. The number of anilines is 1. The van der Waals surface area contributed by atoms with Crippen LogP contribution in [0.1, 0.15) is 6.42 Å². The summed E-state index contributed by atoms with van der Waals surface area (Å²) in [5.41, 5.74) is 2.67. The van der Waals surface area contributed by atoms with Gasteiger partial charge in [0.1, 0.15) is 11.6 Å². The van der Waals surface area contributed by atoms with E-state index in [1.54, 1.807) is 12.1 Å². The Morgan fingerprint density at radius 3 is 2.56 bits per heavy atom. The minimum absolute atomic E-state index is 0.184. The van der Waals surface area contributed by atoms with Crippen molar-refractivity contribution in [3.05, 3.63) is 60.8 Å². The van der Waals surface area contributed by atoms with E-state index in [-0.39, 0.29) is 5.75 Å². The van der Waals surface area contributed by atoms with Gasteiger partial charge in [0.05, 0.1) is 5.56 Å². The van der Waals surface area contributed by atoms with Crippen LogP contribution in [0.3, 0.4) is 0 Å². The van der Waals surface area contributed by atoms with Crippen LogP contribution in [0.25, 0.3) is 22.5 Å². The van der Waals surface area contributed by atoms with Gasteiger partial charge in [0.15, 0.2) is 5.82 Å².